The molecule has 0 bridgehead atoms. The van der Waals surface area contributed by atoms with Crippen molar-refractivity contribution in [1.82, 2.24) is 30.4 Å². The summed E-state index contributed by atoms with van der Waals surface area (Å²) < 4.78 is 5.37. The molecule has 2 aliphatic heterocycles. The van der Waals surface area contributed by atoms with Gasteiger partial charge in [0.1, 0.15) is 11.5 Å². The third kappa shape index (κ3) is 4.08. The molecule has 0 radical (unpaired) electrons. The van der Waals surface area contributed by atoms with E-state index >= 15 is 0 Å². The smallest absolute Gasteiger partial charge is 0.273 e. The minimum Gasteiger partial charge on any atom is -0.381 e. The van der Waals surface area contributed by atoms with E-state index in [1.54, 1.807) is 11.0 Å². The molecule has 0 spiro atoms. The topological polar surface area (TPSA) is 113 Å². The average molecular weight is 435 g/mol. The number of fused-ring (bicyclic) bond motifs is 1. The molecular weight excluding hydrogens is 408 g/mol. The molecule has 4 heterocycles. The van der Waals surface area contributed by atoms with Crippen LogP contribution in [0.4, 0.5) is 0 Å². The van der Waals surface area contributed by atoms with E-state index in [9.17, 15) is 9.59 Å². The zero-order valence-corrected chi connectivity index (χ0v) is 18.0. The highest BCUT2D eigenvalue weighted by molar-refractivity contribution is 5.95. The van der Waals surface area contributed by atoms with E-state index in [0.717, 1.165) is 23.7 Å². The van der Waals surface area contributed by atoms with Crippen LogP contribution in [0, 0.1) is 12.8 Å². The zero-order valence-electron chi connectivity index (χ0n) is 18.0. The van der Waals surface area contributed by atoms with Gasteiger partial charge in [0, 0.05) is 37.1 Å². The van der Waals surface area contributed by atoms with E-state index in [-0.39, 0.29) is 29.8 Å². The molecule has 3 aromatic rings. The molecule has 9 nitrogen and oxygen atoms in total. The molecule has 2 aromatic heterocycles. The van der Waals surface area contributed by atoms with E-state index in [4.69, 9.17) is 4.74 Å². The largest absolute Gasteiger partial charge is 0.381 e. The van der Waals surface area contributed by atoms with Gasteiger partial charge in [-0.2, -0.15) is 5.10 Å². The van der Waals surface area contributed by atoms with Crippen molar-refractivity contribution < 1.29 is 14.3 Å². The van der Waals surface area contributed by atoms with Gasteiger partial charge in [0.05, 0.1) is 11.6 Å². The fraction of sp³-hybridized carbons (Fsp3) is 0.435. The molecule has 0 saturated carbocycles. The lowest BCUT2D eigenvalue weighted by Crippen LogP contribution is -2.42. The number of likely N-dealkylation sites (tertiary alicyclic amines) is 1. The predicted molar refractivity (Wildman–Crippen MR) is 117 cm³/mol. The SMILES string of the molecule is Cc1nc(C2CC(NC(=O)C3CCOCC3)CN2C(=O)c2ccc3ccccc3n2)n[nH]1. The van der Waals surface area contributed by atoms with Gasteiger partial charge in [-0.15, -0.1) is 0 Å². The van der Waals surface area contributed by atoms with Gasteiger partial charge in [0.15, 0.2) is 5.82 Å². The van der Waals surface area contributed by atoms with E-state index in [2.05, 4.69) is 25.5 Å². The molecule has 2 unspecified atom stereocenters. The summed E-state index contributed by atoms with van der Waals surface area (Å²) in [6.45, 7) is 3.44. The van der Waals surface area contributed by atoms with Gasteiger partial charge in [0.2, 0.25) is 5.91 Å². The lowest BCUT2D eigenvalue weighted by atomic mass is 9.99. The summed E-state index contributed by atoms with van der Waals surface area (Å²) in [6.07, 6.45) is 2.02. The van der Waals surface area contributed by atoms with Crippen molar-refractivity contribution in [1.29, 1.82) is 0 Å². The van der Waals surface area contributed by atoms with Crippen LogP contribution in [0.1, 0.15) is 47.4 Å². The van der Waals surface area contributed by atoms with Gasteiger partial charge in [-0.3, -0.25) is 14.7 Å². The maximum atomic E-state index is 13.5. The molecule has 0 aliphatic carbocycles. The number of nitrogens with one attached hydrogen (secondary N) is 2. The van der Waals surface area contributed by atoms with Gasteiger partial charge in [0.25, 0.3) is 5.91 Å². The molecule has 166 valence electrons. The van der Waals surface area contributed by atoms with Gasteiger partial charge < -0.3 is 15.0 Å². The number of carbonyl (C=O) groups is 2. The van der Waals surface area contributed by atoms with Gasteiger partial charge in [-0.05, 0) is 38.3 Å². The number of para-hydroxylation sites is 1. The van der Waals surface area contributed by atoms with Gasteiger partial charge in [-0.25, -0.2) is 9.97 Å². The fourth-order valence-corrected chi connectivity index (χ4v) is 4.53. The Morgan fingerprint density at radius 3 is 2.72 bits per heavy atom. The minimum atomic E-state index is -0.333. The average Bonchev–Trinajstić information content (AvgIpc) is 3.45. The summed E-state index contributed by atoms with van der Waals surface area (Å²) in [7, 11) is 0. The highest BCUT2D eigenvalue weighted by Gasteiger charge is 2.40. The van der Waals surface area contributed by atoms with Crippen molar-refractivity contribution in [3.63, 3.8) is 0 Å². The van der Waals surface area contributed by atoms with Crippen LogP contribution in [0.15, 0.2) is 36.4 Å². The second-order valence-corrected chi connectivity index (χ2v) is 8.47. The van der Waals surface area contributed by atoms with Crippen LogP contribution < -0.4 is 5.32 Å². The maximum absolute atomic E-state index is 13.5. The first kappa shape index (κ1) is 20.6. The van der Waals surface area contributed by atoms with Gasteiger partial charge in [-0.1, -0.05) is 24.3 Å². The standard InChI is InChI=1S/C23H26N6O3/c1-14-24-21(28-27-14)20-12-17(25-22(30)16-8-10-32-11-9-16)13-29(20)23(31)19-7-6-15-4-2-3-5-18(15)26-19/h2-7,16-17,20H,8-13H2,1H3,(H,25,30)(H,24,27,28). The Kier molecular flexibility index (Phi) is 5.57. The van der Waals surface area contributed by atoms with Crippen LogP contribution in [-0.4, -0.2) is 62.7 Å². The quantitative estimate of drug-likeness (QED) is 0.651. The number of aromatic nitrogens is 4. The number of H-pyrrole nitrogens is 1. The second kappa shape index (κ2) is 8.66. The number of ether oxygens (including phenoxy) is 1. The number of benzene rings is 1. The summed E-state index contributed by atoms with van der Waals surface area (Å²) in [4.78, 5) is 37.0. The number of carbonyl (C=O) groups excluding carboxylic acids is 2. The Morgan fingerprint density at radius 1 is 1.12 bits per heavy atom. The second-order valence-electron chi connectivity index (χ2n) is 8.47. The number of rotatable bonds is 4. The Balaban J connectivity index is 1.38. The number of aromatic amines is 1. The number of amides is 2. The fourth-order valence-electron chi connectivity index (χ4n) is 4.53. The first-order valence-corrected chi connectivity index (χ1v) is 11.0. The van der Waals surface area contributed by atoms with Crippen LogP contribution in [0.2, 0.25) is 0 Å². The van der Waals surface area contributed by atoms with Crippen molar-refractivity contribution in [3.05, 3.63) is 53.7 Å². The van der Waals surface area contributed by atoms with Crippen molar-refractivity contribution in [2.24, 2.45) is 5.92 Å². The van der Waals surface area contributed by atoms with Crippen molar-refractivity contribution in [3.8, 4) is 0 Å². The molecule has 2 N–H and O–H groups in total. The predicted octanol–water partition coefficient (Wildman–Crippen LogP) is 2.16. The first-order valence-electron chi connectivity index (χ1n) is 11.0. The lowest BCUT2D eigenvalue weighted by Gasteiger charge is -2.23. The third-order valence-corrected chi connectivity index (χ3v) is 6.23. The highest BCUT2D eigenvalue weighted by Crippen LogP contribution is 2.32. The molecular formula is C23H26N6O3. The summed E-state index contributed by atoms with van der Waals surface area (Å²) >= 11 is 0. The molecule has 5 rings (SSSR count). The molecule has 2 amide bonds. The van der Waals surface area contributed by atoms with Crippen LogP contribution in [0.3, 0.4) is 0 Å². The molecule has 1 aromatic carbocycles. The number of nitrogens with zero attached hydrogens (tertiary/aromatic N) is 4. The Morgan fingerprint density at radius 2 is 1.94 bits per heavy atom. The molecule has 2 saturated heterocycles. The summed E-state index contributed by atoms with van der Waals surface area (Å²) in [5.74, 6) is 1.04. The Labute approximate surface area is 185 Å². The Hall–Kier alpha value is -3.33. The van der Waals surface area contributed by atoms with E-state index < -0.39 is 0 Å². The van der Waals surface area contributed by atoms with E-state index in [0.29, 0.717) is 43.5 Å². The molecule has 9 heteroatoms. The van der Waals surface area contributed by atoms with Crippen LogP contribution in [-0.2, 0) is 9.53 Å². The normalized spacial score (nSPS) is 21.7. The maximum Gasteiger partial charge on any atom is 0.273 e. The molecule has 2 atom stereocenters. The number of hydrogen-bond acceptors (Lipinski definition) is 6. The summed E-state index contributed by atoms with van der Waals surface area (Å²) in [5, 5.41) is 11.3. The zero-order chi connectivity index (χ0) is 22.1. The first-order chi connectivity index (χ1) is 15.6. The monoisotopic (exact) mass is 434 g/mol. The van der Waals surface area contributed by atoms with E-state index in [1.807, 2.05) is 37.3 Å². The van der Waals surface area contributed by atoms with Crippen LogP contribution in [0.5, 0.6) is 0 Å². The molecule has 32 heavy (non-hydrogen) atoms. The highest BCUT2D eigenvalue weighted by atomic mass is 16.5. The van der Waals surface area contributed by atoms with Crippen LogP contribution >= 0.6 is 0 Å². The molecule has 2 aliphatic rings. The number of aryl methyl sites for hydroxylation is 1. The van der Waals surface area contributed by atoms with E-state index in [1.165, 1.54) is 0 Å². The minimum absolute atomic E-state index is 0.0290. The third-order valence-electron chi connectivity index (χ3n) is 6.23. The van der Waals surface area contributed by atoms with Crippen LogP contribution in [0.25, 0.3) is 10.9 Å². The number of pyridine rings is 1. The van der Waals surface area contributed by atoms with Gasteiger partial charge >= 0.3 is 0 Å². The van der Waals surface area contributed by atoms with Crippen molar-refractivity contribution in [2.75, 3.05) is 19.8 Å². The lowest BCUT2D eigenvalue weighted by molar-refractivity contribution is -0.128. The van der Waals surface area contributed by atoms with Crippen molar-refractivity contribution >= 4 is 22.7 Å². The Bertz CT molecular complexity index is 1140. The molecule has 2 fully saturated rings. The summed E-state index contributed by atoms with van der Waals surface area (Å²) in [6, 6.07) is 10.9. The number of hydrogen-bond donors (Lipinski definition) is 2. The van der Waals surface area contributed by atoms with Crippen molar-refractivity contribution in [2.45, 2.75) is 38.3 Å². The summed E-state index contributed by atoms with van der Waals surface area (Å²) in [5.41, 5.74) is 1.14.